The fraction of sp³-hybridized carbons (Fsp3) is 1.00. The van der Waals surface area contributed by atoms with Gasteiger partial charge in [-0.15, -0.1) is 0 Å². The van der Waals surface area contributed by atoms with Gasteiger partial charge in [-0.05, 0) is 38.5 Å². The quantitative estimate of drug-likeness (QED) is 0.613. The lowest BCUT2D eigenvalue weighted by atomic mass is 9.96. The Morgan fingerprint density at radius 3 is 1.40 bits per heavy atom. The molecule has 2 rings (SSSR count). The number of ether oxygens (including phenoxy) is 2. The minimum absolute atomic E-state index is 0. The highest BCUT2D eigenvalue weighted by molar-refractivity contribution is 6.25. The Balaban J connectivity index is 0.00000112. The van der Waals surface area contributed by atoms with Crippen molar-refractivity contribution < 1.29 is 9.47 Å². The maximum atomic E-state index is 6.08. The lowest BCUT2D eigenvalue weighted by molar-refractivity contribution is -0.157. The van der Waals surface area contributed by atoms with Crippen molar-refractivity contribution in [3.05, 3.63) is 0 Å². The van der Waals surface area contributed by atoms with E-state index in [0.717, 1.165) is 33.7 Å². The van der Waals surface area contributed by atoms with Crippen LogP contribution in [-0.4, -0.2) is 44.1 Å². The van der Waals surface area contributed by atoms with Gasteiger partial charge in [-0.2, -0.15) is 0 Å². The molecule has 90 valence electrons. The van der Waals surface area contributed by atoms with Gasteiger partial charge < -0.3 is 9.47 Å². The topological polar surface area (TPSA) is 18.5 Å². The van der Waals surface area contributed by atoms with Crippen molar-refractivity contribution in [1.29, 1.82) is 0 Å². The Morgan fingerprint density at radius 1 is 0.733 bits per heavy atom. The van der Waals surface area contributed by atoms with Crippen molar-refractivity contribution in [2.45, 2.75) is 56.4 Å². The van der Waals surface area contributed by atoms with Gasteiger partial charge in [0.05, 0.1) is 10.4 Å². The third-order valence-corrected chi connectivity index (χ3v) is 8.75. The van der Waals surface area contributed by atoms with Crippen molar-refractivity contribution >= 4 is 20.5 Å². The predicted octanol–water partition coefficient (Wildman–Crippen LogP) is 0.147. The van der Waals surface area contributed by atoms with E-state index in [4.69, 9.17) is 9.47 Å². The lowest BCUT2D eigenvalue weighted by Gasteiger charge is -2.50. The monoisotopic (exact) mass is 246 g/mol. The van der Waals surface area contributed by atoms with Crippen molar-refractivity contribution in [2.75, 3.05) is 13.2 Å². The van der Waals surface area contributed by atoms with Crippen LogP contribution in [0.1, 0.15) is 46.0 Å². The summed E-state index contributed by atoms with van der Waals surface area (Å²) < 4.78 is 12.2. The van der Waals surface area contributed by atoms with E-state index in [1.807, 2.05) is 0 Å². The molecular weight excluding hydrogens is 220 g/mol. The zero-order chi connectivity index (χ0) is 10.1. The third kappa shape index (κ3) is 2.54. The maximum absolute atomic E-state index is 6.08. The average molecular weight is 246 g/mol. The Labute approximate surface area is 100.0 Å². The van der Waals surface area contributed by atoms with Gasteiger partial charge in [0.15, 0.2) is 0 Å². The molecule has 2 fully saturated rings. The Morgan fingerprint density at radius 2 is 1.13 bits per heavy atom. The van der Waals surface area contributed by atoms with Gasteiger partial charge >= 0.3 is 0 Å². The summed E-state index contributed by atoms with van der Waals surface area (Å²) in [7, 11) is 2.27. The van der Waals surface area contributed by atoms with Crippen molar-refractivity contribution in [2.24, 2.45) is 0 Å². The predicted molar refractivity (Wildman–Crippen MR) is 71.7 cm³/mol. The van der Waals surface area contributed by atoms with Crippen LogP contribution in [0.25, 0.3) is 0 Å². The Bertz CT molecular complexity index is 175. The first-order valence-corrected chi connectivity index (χ1v) is 7.94. The fourth-order valence-corrected chi connectivity index (χ4v) is 4.61. The van der Waals surface area contributed by atoms with Gasteiger partial charge in [-0.25, -0.2) is 0 Å². The maximum Gasteiger partial charge on any atom is 0.0727 e. The van der Waals surface area contributed by atoms with Gasteiger partial charge in [0.2, 0.25) is 0 Å². The standard InChI is InChI=1S/C10H22O2Si2.CH4/c13-9(5-1-3-7-11-9)10(14)6-2-4-8-12-10;/h1-8H2,13-14H3;1H4. The molecule has 15 heavy (non-hydrogen) atoms. The highest BCUT2D eigenvalue weighted by atomic mass is 28.2. The average Bonchev–Trinajstić information content (AvgIpc) is 2.20. The second-order valence-corrected chi connectivity index (χ2v) is 8.30. The third-order valence-electron chi connectivity index (χ3n) is 4.06. The van der Waals surface area contributed by atoms with Crippen LogP contribution in [0.2, 0.25) is 0 Å². The van der Waals surface area contributed by atoms with Crippen LogP contribution in [0.15, 0.2) is 0 Å². The minimum atomic E-state index is 0. The molecular formula is C11H26O2Si2. The molecule has 0 bridgehead atoms. The molecule has 2 saturated heterocycles. The van der Waals surface area contributed by atoms with Crippen molar-refractivity contribution in [3.8, 4) is 0 Å². The first kappa shape index (κ1) is 13.4. The van der Waals surface area contributed by atoms with Crippen LogP contribution in [0.5, 0.6) is 0 Å². The summed E-state index contributed by atoms with van der Waals surface area (Å²) in [6.45, 7) is 1.94. The van der Waals surface area contributed by atoms with E-state index in [1.165, 1.54) is 38.5 Å². The van der Waals surface area contributed by atoms with E-state index in [0.29, 0.717) is 0 Å². The van der Waals surface area contributed by atoms with Crippen LogP contribution in [0, 0.1) is 0 Å². The van der Waals surface area contributed by atoms with E-state index in [1.54, 1.807) is 0 Å². The second-order valence-electron chi connectivity index (χ2n) is 5.07. The van der Waals surface area contributed by atoms with Crippen LogP contribution >= 0.6 is 0 Å². The molecule has 2 atom stereocenters. The number of hydrogen-bond acceptors (Lipinski definition) is 2. The normalized spacial score (nSPS) is 42.4. The van der Waals surface area contributed by atoms with Gasteiger partial charge in [-0.1, -0.05) is 7.43 Å². The summed E-state index contributed by atoms with van der Waals surface area (Å²) in [4.78, 5) is 0. The zero-order valence-electron chi connectivity index (χ0n) is 9.47. The Kier molecular flexibility index (Phi) is 4.58. The smallest absolute Gasteiger partial charge is 0.0727 e. The van der Waals surface area contributed by atoms with Crippen LogP contribution in [0.3, 0.4) is 0 Å². The first-order chi connectivity index (χ1) is 6.66. The van der Waals surface area contributed by atoms with Gasteiger partial charge in [0, 0.05) is 33.7 Å². The summed E-state index contributed by atoms with van der Waals surface area (Å²) >= 11 is 0. The molecule has 0 aromatic rings. The molecule has 2 aliphatic rings. The van der Waals surface area contributed by atoms with Gasteiger partial charge in [-0.3, -0.25) is 0 Å². The Hall–Kier alpha value is 0.354. The molecule has 0 spiro atoms. The minimum Gasteiger partial charge on any atom is -0.377 e. The zero-order valence-corrected chi connectivity index (χ0v) is 13.5. The van der Waals surface area contributed by atoms with Gasteiger partial charge in [0.25, 0.3) is 0 Å². The van der Waals surface area contributed by atoms with E-state index < -0.39 is 0 Å². The molecule has 4 heteroatoms. The molecule has 0 amide bonds. The van der Waals surface area contributed by atoms with E-state index in [2.05, 4.69) is 0 Å². The SMILES string of the molecule is C.[SiH3]C1(C2([SiH3])CCCCO2)CCCCO1. The fourth-order valence-electron chi connectivity index (χ4n) is 2.70. The summed E-state index contributed by atoms with van der Waals surface area (Å²) in [5, 5.41) is 0.329. The molecule has 0 saturated carbocycles. The van der Waals surface area contributed by atoms with Crippen molar-refractivity contribution in [1.82, 2.24) is 0 Å². The molecule has 0 N–H and O–H groups in total. The molecule has 2 nitrogen and oxygen atoms in total. The molecule has 2 heterocycles. The molecule has 0 aromatic carbocycles. The van der Waals surface area contributed by atoms with E-state index >= 15 is 0 Å². The molecule has 0 radical (unpaired) electrons. The summed E-state index contributed by atoms with van der Waals surface area (Å²) in [6.07, 6.45) is 7.70. The molecule has 2 aliphatic heterocycles. The number of hydrogen-bond donors (Lipinski definition) is 0. The first-order valence-electron chi connectivity index (χ1n) is 5.94. The lowest BCUT2D eigenvalue weighted by Crippen LogP contribution is -2.61. The second kappa shape index (κ2) is 5.12. The van der Waals surface area contributed by atoms with Crippen LogP contribution < -0.4 is 0 Å². The number of rotatable bonds is 1. The summed E-state index contributed by atoms with van der Waals surface area (Å²) in [6, 6.07) is 0. The summed E-state index contributed by atoms with van der Waals surface area (Å²) in [5.41, 5.74) is 0. The summed E-state index contributed by atoms with van der Waals surface area (Å²) in [5.74, 6) is 0. The molecule has 0 aliphatic carbocycles. The molecule has 0 aromatic heterocycles. The van der Waals surface area contributed by atoms with Crippen molar-refractivity contribution in [3.63, 3.8) is 0 Å². The van der Waals surface area contributed by atoms with Crippen LogP contribution in [-0.2, 0) is 9.47 Å². The van der Waals surface area contributed by atoms with E-state index in [9.17, 15) is 0 Å². The molecule has 2 unspecified atom stereocenters. The largest absolute Gasteiger partial charge is 0.377 e. The van der Waals surface area contributed by atoms with Crippen LogP contribution in [0.4, 0.5) is 0 Å². The highest BCUT2D eigenvalue weighted by Crippen LogP contribution is 2.38. The van der Waals surface area contributed by atoms with E-state index in [-0.39, 0.29) is 17.9 Å². The van der Waals surface area contributed by atoms with Gasteiger partial charge in [0.1, 0.15) is 0 Å². The highest BCUT2D eigenvalue weighted by Gasteiger charge is 2.47.